The smallest absolute Gasteiger partial charge is 0.160 e. The Hall–Kier alpha value is -4.12. The van der Waals surface area contributed by atoms with Crippen LogP contribution in [-0.4, -0.2) is 27.6 Å². The molecule has 6 rings (SSSR count). The summed E-state index contributed by atoms with van der Waals surface area (Å²) in [6.45, 7) is 2.97. The summed E-state index contributed by atoms with van der Waals surface area (Å²) < 4.78 is 28.6. The van der Waals surface area contributed by atoms with Crippen molar-refractivity contribution < 1.29 is 13.9 Å². The van der Waals surface area contributed by atoms with E-state index in [2.05, 4.69) is 21.4 Å². The quantitative estimate of drug-likeness (QED) is 0.490. The van der Waals surface area contributed by atoms with Gasteiger partial charge in [-0.25, -0.2) is 9.37 Å². The lowest BCUT2D eigenvalue weighted by atomic mass is 9.96. The molecule has 1 N–H and O–H groups in total. The average molecular weight is 427 g/mol. The Morgan fingerprint density at radius 1 is 1.19 bits per heavy atom. The number of fused-ring (bicyclic) bond motifs is 3. The Kier molecular flexibility index (Phi) is 4.05. The minimum absolute atomic E-state index is 0.0693. The molecule has 32 heavy (non-hydrogen) atoms. The van der Waals surface area contributed by atoms with E-state index >= 15 is 0 Å². The van der Waals surface area contributed by atoms with Crippen molar-refractivity contribution in [2.45, 2.75) is 19.4 Å². The van der Waals surface area contributed by atoms with Crippen molar-refractivity contribution in [1.29, 1.82) is 5.26 Å². The number of imidazole rings is 1. The number of halogens is 1. The maximum absolute atomic E-state index is 14.8. The van der Waals surface area contributed by atoms with Gasteiger partial charge in [0.1, 0.15) is 23.3 Å². The van der Waals surface area contributed by atoms with E-state index < -0.39 is 0 Å². The molecular formula is C24H18FN5O2. The van der Waals surface area contributed by atoms with Crippen molar-refractivity contribution in [3.8, 4) is 28.7 Å². The summed E-state index contributed by atoms with van der Waals surface area (Å²) >= 11 is 0. The molecule has 8 heteroatoms. The first-order valence-corrected chi connectivity index (χ1v) is 10.3. The number of aryl methyl sites for hydroxylation is 1. The lowest BCUT2D eigenvalue weighted by Gasteiger charge is -2.17. The first-order chi connectivity index (χ1) is 15.6. The first-order valence-electron chi connectivity index (χ1n) is 10.3. The Morgan fingerprint density at radius 2 is 2.03 bits per heavy atom. The van der Waals surface area contributed by atoms with Crippen molar-refractivity contribution >= 4 is 11.5 Å². The molecular weight excluding hydrogens is 409 g/mol. The second kappa shape index (κ2) is 6.95. The Morgan fingerprint density at radius 3 is 2.84 bits per heavy atom. The van der Waals surface area contributed by atoms with Crippen LogP contribution in [0.3, 0.4) is 0 Å². The van der Waals surface area contributed by atoms with Crippen molar-refractivity contribution in [3.05, 3.63) is 71.1 Å². The number of benzene rings is 1. The highest BCUT2D eigenvalue weighted by Crippen LogP contribution is 2.42. The molecule has 1 aromatic carbocycles. The van der Waals surface area contributed by atoms with E-state index in [9.17, 15) is 9.65 Å². The molecule has 0 saturated heterocycles. The van der Waals surface area contributed by atoms with Gasteiger partial charge in [0.2, 0.25) is 0 Å². The molecule has 2 aliphatic rings. The molecule has 3 aromatic heterocycles. The highest BCUT2D eigenvalue weighted by atomic mass is 19.1. The summed E-state index contributed by atoms with van der Waals surface area (Å²) in [4.78, 5) is 8.92. The largest absolute Gasteiger partial charge is 0.493 e. The lowest BCUT2D eigenvalue weighted by molar-refractivity contribution is 0.249. The van der Waals surface area contributed by atoms with Crippen LogP contribution in [0.25, 0.3) is 16.8 Å². The third kappa shape index (κ3) is 2.71. The zero-order valence-corrected chi connectivity index (χ0v) is 17.2. The maximum atomic E-state index is 14.8. The minimum Gasteiger partial charge on any atom is -0.493 e. The summed E-state index contributed by atoms with van der Waals surface area (Å²) in [6.07, 6.45) is 3.40. The number of rotatable bonds is 1. The van der Waals surface area contributed by atoms with Gasteiger partial charge in [-0.15, -0.1) is 0 Å². The van der Waals surface area contributed by atoms with Gasteiger partial charge < -0.3 is 14.8 Å². The van der Waals surface area contributed by atoms with E-state index in [0.717, 1.165) is 22.4 Å². The fourth-order valence-corrected chi connectivity index (χ4v) is 4.56. The van der Waals surface area contributed by atoms with Crippen LogP contribution in [0.4, 0.5) is 10.2 Å². The van der Waals surface area contributed by atoms with Crippen molar-refractivity contribution in [1.82, 2.24) is 14.4 Å². The molecule has 7 nitrogen and oxygen atoms in total. The van der Waals surface area contributed by atoms with Crippen LogP contribution in [0.1, 0.15) is 28.4 Å². The fraction of sp³-hybridized carbons (Fsp3) is 0.208. The molecule has 158 valence electrons. The second-order valence-electron chi connectivity index (χ2n) is 7.95. The van der Waals surface area contributed by atoms with Crippen LogP contribution in [0.5, 0.6) is 11.5 Å². The summed E-state index contributed by atoms with van der Waals surface area (Å²) in [5.41, 5.74) is 4.87. The molecule has 5 heterocycles. The number of hydrogen-bond donors (Lipinski definition) is 1. The molecule has 0 bridgehead atoms. The number of nitrogens with zero attached hydrogens (tertiary/aromatic N) is 4. The van der Waals surface area contributed by atoms with E-state index in [4.69, 9.17) is 9.47 Å². The van der Waals surface area contributed by atoms with Crippen LogP contribution in [-0.2, 0) is 6.54 Å². The standard InChI is InChI=1S/C24H18FN5O2/c1-13-16(3-2-6-27-13)17-7-21-24(30-10-15(8-26)29-23(17)30)28-9-18-19(25)4-5-20-22(18)14(11-31-20)12-32-21/h2-7,10,14,28H,9,11-12H2,1H3/t14-/m1/s1. The van der Waals surface area contributed by atoms with Gasteiger partial charge in [-0.3, -0.25) is 9.38 Å². The number of hydrogen-bond acceptors (Lipinski definition) is 6. The van der Waals surface area contributed by atoms with Crippen LogP contribution < -0.4 is 14.8 Å². The molecule has 1 atom stereocenters. The van der Waals surface area contributed by atoms with Crippen LogP contribution >= 0.6 is 0 Å². The highest BCUT2D eigenvalue weighted by Gasteiger charge is 2.31. The third-order valence-corrected chi connectivity index (χ3v) is 6.09. The van der Waals surface area contributed by atoms with Crippen molar-refractivity contribution in [2.75, 3.05) is 18.5 Å². The number of ether oxygens (including phenoxy) is 2. The number of nitrogens with one attached hydrogen (secondary N) is 1. The topological polar surface area (TPSA) is 84.5 Å². The lowest BCUT2D eigenvalue weighted by Crippen LogP contribution is -2.13. The van der Waals surface area contributed by atoms with E-state index in [1.165, 1.54) is 6.07 Å². The van der Waals surface area contributed by atoms with Gasteiger partial charge >= 0.3 is 0 Å². The van der Waals surface area contributed by atoms with E-state index in [1.54, 1.807) is 22.9 Å². The number of pyridine rings is 2. The summed E-state index contributed by atoms with van der Waals surface area (Å²) in [6, 6.07) is 11.0. The van der Waals surface area contributed by atoms with Gasteiger partial charge in [0, 0.05) is 46.9 Å². The number of anilines is 1. The third-order valence-electron chi connectivity index (χ3n) is 6.09. The van der Waals surface area contributed by atoms with Gasteiger partial charge in [-0.2, -0.15) is 5.26 Å². The normalized spacial score (nSPS) is 16.5. The molecule has 0 aliphatic carbocycles. The highest BCUT2D eigenvalue weighted by molar-refractivity contribution is 5.83. The predicted molar refractivity (Wildman–Crippen MR) is 115 cm³/mol. The Balaban J connectivity index is 1.57. The number of nitriles is 1. The van der Waals surface area contributed by atoms with E-state index in [0.29, 0.717) is 41.7 Å². The molecule has 0 fully saturated rings. The van der Waals surface area contributed by atoms with Crippen molar-refractivity contribution in [2.24, 2.45) is 0 Å². The van der Waals surface area contributed by atoms with Gasteiger partial charge in [-0.1, -0.05) is 6.07 Å². The minimum atomic E-state index is -0.280. The molecule has 4 aromatic rings. The molecule has 0 unspecified atom stereocenters. The molecule has 0 amide bonds. The maximum Gasteiger partial charge on any atom is 0.160 e. The molecule has 0 radical (unpaired) electrons. The number of aromatic nitrogens is 3. The molecule has 2 aliphatic heterocycles. The molecule has 0 saturated carbocycles. The van der Waals surface area contributed by atoms with E-state index in [1.807, 2.05) is 25.1 Å². The van der Waals surface area contributed by atoms with Gasteiger partial charge in [-0.05, 0) is 31.2 Å². The van der Waals surface area contributed by atoms with Gasteiger partial charge in [0.05, 0.1) is 19.1 Å². The summed E-state index contributed by atoms with van der Waals surface area (Å²) in [7, 11) is 0. The molecule has 0 spiro atoms. The zero-order chi connectivity index (χ0) is 21.8. The predicted octanol–water partition coefficient (Wildman–Crippen LogP) is 4.20. The van der Waals surface area contributed by atoms with Crippen LogP contribution in [0.15, 0.2) is 42.7 Å². The summed E-state index contributed by atoms with van der Waals surface area (Å²) in [5.74, 6) is 1.57. The summed E-state index contributed by atoms with van der Waals surface area (Å²) in [5, 5.41) is 12.8. The first kappa shape index (κ1) is 18.6. The second-order valence-corrected chi connectivity index (χ2v) is 7.95. The average Bonchev–Trinajstić information content (AvgIpc) is 3.42. The fourth-order valence-electron chi connectivity index (χ4n) is 4.56. The van der Waals surface area contributed by atoms with Crippen LogP contribution in [0.2, 0.25) is 0 Å². The van der Waals surface area contributed by atoms with Gasteiger partial charge in [0.25, 0.3) is 0 Å². The Labute approximate surface area is 183 Å². The SMILES string of the molecule is Cc1ncccc1-c1cc2c(n3cc(C#N)nc13)NCc1c(F)ccc3c1[C@H](CO3)CO2. The van der Waals surface area contributed by atoms with Gasteiger partial charge in [0.15, 0.2) is 17.3 Å². The monoisotopic (exact) mass is 427 g/mol. The van der Waals surface area contributed by atoms with Crippen molar-refractivity contribution in [3.63, 3.8) is 0 Å². The zero-order valence-electron chi connectivity index (χ0n) is 17.2. The van der Waals surface area contributed by atoms with Crippen LogP contribution in [0, 0.1) is 24.1 Å². The Bertz CT molecular complexity index is 1440. The van der Waals surface area contributed by atoms with E-state index in [-0.39, 0.29) is 24.0 Å².